The minimum Gasteiger partial charge on any atom is -0.336 e. The van der Waals surface area contributed by atoms with Gasteiger partial charge in [-0.2, -0.15) is 0 Å². The van der Waals surface area contributed by atoms with Crippen molar-refractivity contribution >= 4 is 49.7 Å². The van der Waals surface area contributed by atoms with Crippen LogP contribution < -0.4 is 9.80 Å². The number of nitrogens with zero attached hydrogens (tertiary/aromatic N) is 2. The number of rotatable bonds is 6. The molecule has 0 atom stereocenters. The van der Waals surface area contributed by atoms with Gasteiger partial charge in [0.15, 0.2) is 0 Å². The first kappa shape index (κ1) is 19.6. The molecule has 5 rings (SSSR count). The van der Waals surface area contributed by atoms with Gasteiger partial charge in [-0.25, -0.2) is 0 Å². The standard InChI is InChI=1S/C27H22N2S2/c1-28(26-9-5-19-30-26)23-15-11-21(12-16-23)22-13-17-25(18-14-22)29(27-10-6-20-31-27)24-7-3-2-4-8-24/h2-20H,1H3. The van der Waals surface area contributed by atoms with E-state index in [1.54, 1.807) is 22.7 Å². The monoisotopic (exact) mass is 438 g/mol. The maximum Gasteiger partial charge on any atom is 0.0999 e. The van der Waals surface area contributed by atoms with Crippen LogP contribution in [0.4, 0.5) is 27.1 Å². The van der Waals surface area contributed by atoms with Crippen molar-refractivity contribution in [2.24, 2.45) is 0 Å². The second kappa shape index (κ2) is 8.80. The highest BCUT2D eigenvalue weighted by molar-refractivity contribution is 7.14. The van der Waals surface area contributed by atoms with Crippen LogP contribution in [0.15, 0.2) is 114 Å². The van der Waals surface area contributed by atoms with Crippen LogP contribution in [0, 0.1) is 0 Å². The molecule has 0 aliphatic carbocycles. The molecule has 3 aromatic carbocycles. The molecule has 0 radical (unpaired) electrons. The molecule has 2 heterocycles. The van der Waals surface area contributed by atoms with E-state index in [0.717, 1.165) is 5.69 Å². The summed E-state index contributed by atoms with van der Waals surface area (Å²) in [5.41, 5.74) is 5.95. The lowest BCUT2D eigenvalue weighted by atomic mass is 10.0. The van der Waals surface area contributed by atoms with Crippen molar-refractivity contribution in [1.29, 1.82) is 0 Å². The predicted octanol–water partition coefficient (Wildman–Crippen LogP) is 8.71. The summed E-state index contributed by atoms with van der Waals surface area (Å²) in [6.07, 6.45) is 0. The molecule has 2 nitrogen and oxygen atoms in total. The van der Waals surface area contributed by atoms with E-state index in [2.05, 4.69) is 131 Å². The van der Waals surface area contributed by atoms with Crippen molar-refractivity contribution in [2.45, 2.75) is 0 Å². The van der Waals surface area contributed by atoms with Crippen molar-refractivity contribution < 1.29 is 0 Å². The Morgan fingerprint density at radius 3 is 1.55 bits per heavy atom. The van der Waals surface area contributed by atoms with Crippen LogP contribution in [0.2, 0.25) is 0 Å². The molecule has 0 saturated heterocycles. The van der Waals surface area contributed by atoms with Crippen LogP contribution in [-0.2, 0) is 0 Å². The molecule has 152 valence electrons. The normalized spacial score (nSPS) is 10.7. The fourth-order valence-electron chi connectivity index (χ4n) is 3.65. The van der Waals surface area contributed by atoms with Crippen LogP contribution in [0.1, 0.15) is 0 Å². The zero-order valence-corrected chi connectivity index (χ0v) is 18.8. The van der Waals surface area contributed by atoms with Gasteiger partial charge in [0, 0.05) is 24.1 Å². The Morgan fingerprint density at radius 2 is 1.00 bits per heavy atom. The molecule has 0 aliphatic heterocycles. The van der Waals surface area contributed by atoms with Crippen molar-refractivity contribution in [2.75, 3.05) is 16.8 Å². The van der Waals surface area contributed by atoms with Gasteiger partial charge < -0.3 is 9.80 Å². The molecule has 31 heavy (non-hydrogen) atoms. The highest BCUT2D eigenvalue weighted by atomic mass is 32.1. The van der Waals surface area contributed by atoms with E-state index in [9.17, 15) is 0 Å². The summed E-state index contributed by atoms with van der Waals surface area (Å²) >= 11 is 3.50. The minimum atomic E-state index is 1.16. The first-order valence-corrected chi connectivity index (χ1v) is 11.9. The Morgan fingerprint density at radius 1 is 0.484 bits per heavy atom. The first-order chi connectivity index (χ1) is 15.3. The molecule has 4 heteroatoms. The molecule has 2 aromatic heterocycles. The second-order valence-electron chi connectivity index (χ2n) is 7.23. The third-order valence-electron chi connectivity index (χ3n) is 5.29. The average Bonchev–Trinajstić information content (AvgIpc) is 3.55. The van der Waals surface area contributed by atoms with Gasteiger partial charge in [0.1, 0.15) is 0 Å². The van der Waals surface area contributed by atoms with Gasteiger partial charge in [-0.3, -0.25) is 0 Å². The van der Waals surface area contributed by atoms with Crippen LogP contribution in [-0.4, -0.2) is 7.05 Å². The number of hydrogen-bond acceptors (Lipinski definition) is 4. The minimum absolute atomic E-state index is 1.16. The Balaban J connectivity index is 1.41. The van der Waals surface area contributed by atoms with Gasteiger partial charge in [0.05, 0.1) is 10.0 Å². The predicted molar refractivity (Wildman–Crippen MR) is 137 cm³/mol. The first-order valence-electron chi connectivity index (χ1n) is 10.2. The number of benzene rings is 3. The smallest absolute Gasteiger partial charge is 0.0999 e. The largest absolute Gasteiger partial charge is 0.336 e. The third kappa shape index (κ3) is 4.13. The Kier molecular flexibility index (Phi) is 5.57. The molecule has 0 aliphatic rings. The van der Waals surface area contributed by atoms with Crippen molar-refractivity contribution in [3.63, 3.8) is 0 Å². The Hall–Kier alpha value is -3.34. The molecular weight excluding hydrogens is 416 g/mol. The van der Waals surface area contributed by atoms with Gasteiger partial charge in [0.25, 0.3) is 0 Å². The summed E-state index contributed by atoms with van der Waals surface area (Å²) in [5, 5.41) is 6.68. The maximum absolute atomic E-state index is 2.30. The van der Waals surface area contributed by atoms with E-state index in [1.807, 2.05) is 0 Å². The molecule has 5 aromatic rings. The lowest BCUT2D eigenvalue weighted by Gasteiger charge is -2.23. The van der Waals surface area contributed by atoms with Crippen LogP contribution in [0.3, 0.4) is 0 Å². The number of hydrogen-bond donors (Lipinski definition) is 0. The lowest BCUT2D eigenvalue weighted by molar-refractivity contribution is 1.24. The van der Waals surface area contributed by atoms with Gasteiger partial charge in [-0.05, 0) is 82.6 Å². The van der Waals surface area contributed by atoms with Crippen molar-refractivity contribution in [3.05, 3.63) is 114 Å². The molecule has 0 N–H and O–H groups in total. The molecule has 0 spiro atoms. The fraction of sp³-hybridized carbons (Fsp3) is 0.0370. The Bertz CT molecular complexity index is 1210. The summed E-state index contributed by atoms with van der Waals surface area (Å²) in [5.74, 6) is 0. The summed E-state index contributed by atoms with van der Waals surface area (Å²) in [4.78, 5) is 4.52. The maximum atomic E-state index is 2.30. The highest BCUT2D eigenvalue weighted by Crippen LogP contribution is 2.38. The average molecular weight is 439 g/mol. The summed E-state index contributed by atoms with van der Waals surface area (Å²) < 4.78 is 0. The van der Waals surface area contributed by atoms with E-state index in [4.69, 9.17) is 0 Å². The zero-order valence-electron chi connectivity index (χ0n) is 17.2. The fourth-order valence-corrected chi connectivity index (χ4v) is 5.13. The van der Waals surface area contributed by atoms with Crippen LogP contribution >= 0.6 is 22.7 Å². The SMILES string of the molecule is CN(c1ccc(-c2ccc(N(c3ccccc3)c3cccs3)cc2)cc1)c1cccs1. The molecule has 0 unspecified atom stereocenters. The molecule has 0 bridgehead atoms. The van der Waals surface area contributed by atoms with E-state index < -0.39 is 0 Å². The Labute approximate surface area is 191 Å². The van der Waals surface area contributed by atoms with Crippen molar-refractivity contribution in [3.8, 4) is 11.1 Å². The van der Waals surface area contributed by atoms with E-state index >= 15 is 0 Å². The number of thiophene rings is 2. The highest BCUT2D eigenvalue weighted by Gasteiger charge is 2.13. The summed E-state index contributed by atoms with van der Waals surface area (Å²) in [7, 11) is 2.11. The summed E-state index contributed by atoms with van der Waals surface area (Å²) in [6, 6.07) is 36.6. The number of para-hydroxylation sites is 1. The van der Waals surface area contributed by atoms with Gasteiger partial charge in [-0.15, -0.1) is 22.7 Å². The number of anilines is 5. The zero-order chi connectivity index (χ0) is 21.0. The van der Waals surface area contributed by atoms with E-state index in [-0.39, 0.29) is 0 Å². The lowest BCUT2D eigenvalue weighted by Crippen LogP contribution is -2.08. The second-order valence-corrected chi connectivity index (χ2v) is 9.08. The molecule has 0 fully saturated rings. The van der Waals surface area contributed by atoms with Crippen LogP contribution in [0.25, 0.3) is 11.1 Å². The van der Waals surface area contributed by atoms with Crippen molar-refractivity contribution in [1.82, 2.24) is 0 Å². The molecule has 0 amide bonds. The summed E-state index contributed by atoms with van der Waals surface area (Å²) in [6.45, 7) is 0. The van der Waals surface area contributed by atoms with E-state index in [0.29, 0.717) is 0 Å². The molecule has 0 saturated carbocycles. The molecular formula is C27H22N2S2. The quantitative estimate of drug-likeness (QED) is 0.261. The van der Waals surface area contributed by atoms with Gasteiger partial charge in [-0.1, -0.05) is 42.5 Å². The topological polar surface area (TPSA) is 6.48 Å². The van der Waals surface area contributed by atoms with Gasteiger partial charge in [0.2, 0.25) is 0 Å². The van der Waals surface area contributed by atoms with Gasteiger partial charge >= 0.3 is 0 Å². The third-order valence-corrected chi connectivity index (χ3v) is 7.09. The van der Waals surface area contributed by atoms with E-state index in [1.165, 1.54) is 32.5 Å². The van der Waals surface area contributed by atoms with Crippen LogP contribution in [0.5, 0.6) is 0 Å².